The Morgan fingerprint density at radius 3 is 1.25 bits per heavy atom. The van der Waals surface area contributed by atoms with Crippen LogP contribution < -0.4 is 0 Å². The maximum absolute atomic E-state index is 12.3. The molecule has 0 aromatic heterocycles. The minimum absolute atomic E-state index is 0.0658. The summed E-state index contributed by atoms with van der Waals surface area (Å²) in [5, 5.41) is 8.87. The third-order valence-corrected chi connectivity index (χ3v) is 6.02. The van der Waals surface area contributed by atoms with E-state index in [1.807, 2.05) is 0 Å². The number of aliphatic hydroxyl groups is 1. The topological polar surface area (TPSA) is 99.1 Å². The quantitative estimate of drug-likeness (QED) is 0.0801. The number of esters is 3. The van der Waals surface area contributed by atoms with Gasteiger partial charge < -0.3 is 19.3 Å². The highest BCUT2D eigenvalue weighted by atomic mass is 16.6. The van der Waals surface area contributed by atoms with Gasteiger partial charge in [0, 0.05) is 0 Å². The molecular formula is C25H46O7. The van der Waals surface area contributed by atoms with Gasteiger partial charge in [0.15, 0.2) is 6.79 Å². The molecule has 7 nitrogen and oxygen atoms in total. The van der Waals surface area contributed by atoms with Crippen molar-refractivity contribution in [1.82, 2.24) is 0 Å². The van der Waals surface area contributed by atoms with Crippen molar-refractivity contribution in [2.45, 2.75) is 116 Å². The van der Waals surface area contributed by atoms with Crippen LogP contribution in [-0.4, -0.2) is 44.0 Å². The average molecular weight is 459 g/mol. The van der Waals surface area contributed by atoms with Crippen molar-refractivity contribution >= 4 is 17.9 Å². The van der Waals surface area contributed by atoms with Crippen LogP contribution in [0.25, 0.3) is 0 Å². The van der Waals surface area contributed by atoms with Crippen LogP contribution in [0.1, 0.15) is 116 Å². The fraction of sp³-hybridized carbons (Fsp3) is 0.880. The smallest absolute Gasteiger partial charge is 0.337 e. The number of hydrogen-bond donors (Lipinski definition) is 1. The van der Waals surface area contributed by atoms with E-state index in [4.69, 9.17) is 5.11 Å². The molecule has 32 heavy (non-hydrogen) atoms. The van der Waals surface area contributed by atoms with E-state index in [-0.39, 0.29) is 6.42 Å². The van der Waals surface area contributed by atoms with Crippen molar-refractivity contribution in [3.8, 4) is 0 Å². The van der Waals surface area contributed by atoms with E-state index in [2.05, 4.69) is 21.1 Å². The Balaban J connectivity index is 4.00. The molecular weight excluding hydrogens is 412 g/mol. The molecule has 0 radical (unpaired) electrons. The van der Waals surface area contributed by atoms with Crippen molar-refractivity contribution in [2.24, 2.45) is 5.41 Å². The van der Waals surface area contributed by atoms with Gasteiger partial charge in [-0.3, -0.25) is 14.4 Å². The van der Waals surface area contributed by atoms with Crippen LogP contribution in [0.3, 0.4) is 0 Å². The van der Waals surface area contributed by atoms with Crippen LogP contribution in [0.2, 0.25) is 0 Å². The van der Waals surface area contributed by atoms with Gasteiger partial charge in [-0.15, -0.1) is 0 Å². The highest BCUT2D eigenvalue weighted by molar-refractivity contribution is 6.17. The van der Waals surface area contributed by atoms with E-state index in [1.54, 1.807) is 0 Å². The van der Waals surface area contributed by atoms with Crippen molar-refractivity contribution in [3.63, 3.8) is 0 Å². The van der Waals surface area contributed by atoms with Crippen LogP contribution in [-0.2, 0) is 28.6 Å². The van der Waals surface area contributed by atoms with Crippen LogP contribution in [0.15, 0.2) is 0 Å². The Morgan fingerprint density at radius 1 is 0.594 bits per heavy atom. The number of hydrogen-bond acceptors (Lipinski definition) is 7. The Hall–Kier alpha value is -1.63. The Kier molecular flexibility index (Phi) is 19.0. The molecule has 0 bridgehead atoms. The first kappa shape index (κ1) is 30.4. The lowest BCUT2D eigenvalue weighted by Crippen LogP contribution is -2.49. The zero-order valence-corrected chi connectivity index (χ0v) is 20.6. The second-order valence-electron chi connectivity index (χ2n) is 8.50. The predicted molar refractivity (Wildman–Crippen MR) is 124 cm³/mol. The molecule has 7 heteroatoms. The van der Waals surface area contributed by atoms with E-state index in [1.165, 1.54) is 77.0 Å². The van der Waals surface area contributed by atoms with Gasteiger partial charge in [-0.1, -0.05) is 110 Å². The summed E-state index contributed by atoms with van der Waals surface area (Å²) in [4.78, 5) is 36.7. The zero-order valence-electron chi connectivity index (χ0n) is 20.6. The molecule has 0 amide bonds. The van der Waals surface area contributed by atoms with E-state index < -0.39 is 30.1 Å². The number of carbonyl (C=O) groups excluding carboxylic acids is 3. The minimum Gasteiger partial charge on any atom is -0.468 e. The van der Waals surface area contributed by atoms with E-state index >= 15 is 0 Å². The molecule has 0 aromatic carbocycles. The van der Waals surface area contributed by atoms with Gasteiger partial charge in [0.2, 0.25) is 0 Å². The minimum atomic E-state index is -2.18. The van der Waals surface area contributed by atoms with Gasteiger partial charge in [0.1, 0.15) is 0 Å². The third-order valence-electron chi connectivity index (χ3n) is 6.02. The van der Waals surface area contributed by atoms with Gasteiger partial charge in [-0.05, 0) is 6.42 Å². The van der Waals surface area contributed by atoms with Crippen molar-refractivity contribution in [1.29, 1.82) is 0 Å². The Labute approximate surface area is 194 Å². The maximum atomic E-state index is 12.3. The molecule has 0 heterocycles. The summed E-state index contributed by atoms with van der Waals surface area (Å²) < 4.78 is 13.9. The van der Waals surface area contributed by atoms with Crippen LogP contribution >= 0.6 is 0 Å². The molecule has 0 fully saturated rings. The molecule has 0 aliphatic heterocycles. The van der Waals surface area contributed by atoms with Gasteiger partial charge in [0.05, 0.1) is 14.2 Å². The first-order chi connectivity index (χ1) is 15.5. The lowest BCUT2D eigenvalue weighted by atomic mass is 9.82. The molecule has 0 spiro atoms. The Bertz CT molecular complexity index is 489. The van der Waals surface area contributed by atoms with Crippen molar-refractivity contribution in [3.05, 3.63) is 0 Å². The number of unbranched alkanes of at least 4 members (excludes halogenated alkanes) is 15. The summed E-state index contributed by atoms with van der Waals surface area (Å²) in [6, 6.07) is 0. The van der Waals surface area contributed by atoms with E-state index in [9.17, 15) is 14.4 Å². The van der Waals surface area contributed by atoms with Gasteiger partial charge in [-0.2, -0.15) is 0 Å². The summed E-state index contributed by atoms with van der Waals surface area (Å²) in [6.45, 7) is 1.33. The lowest BCUT2D eigenvalue weighted by molar-refractivity contribution is -0.186. The van der Waals surface area contributed by atoms with Crippen LogP contribution in [0.5, 0.6) is 0 Å². The molecule has 0 unspecified atom stereocenters. The second kappa shape index (κ2) is 20.0. The highest BCUT2D eigenvalue weighted by Crippen LogP contribution is 2.31. The average Bonchev–Trinajstić information content (AvgIpc) is 2.80. The lowest BCUT2D eigenvalue weighted by Gasteiger charge is -2.25. The maximum Gasteiger partial charge on any atom is 0.337 e. The number of methoxy groups -OCH3 is 2. The fourth-order valence-electron chi connectivity index (χ4n) is 4.02. The normalized spacial score (nSPS) is 11.2. The van der Waals surface area contributed by atoms with Crippen LogP contribution in [0.4, 0.5) is 0 Å². The number of aliphatic hydroxyl groups excluding tert-OH is 1. The second-order valence-corrected chi connectivity index (χ2v) is 8.50. The Morgan fingerprint density at radius 2 is 0.938 bits per heavy atom. The standard InChI is InChI=1S/C25H46O7/c1-4-5-6-7-8-9-10-11-12-13-14-15-16-17-18-19-20-25(22(27)30-2,23(28)31-3)24(29)32-21-26/h26H,4-21H2,1-3H3. The van der Waals surface area contributed by atoms with E-state index in [0.717, 1.165) is 33.5 Å². The fourth-order valence-corrected chi connectivity index (χ4v) is 4.02. The summed E-state index contributed by atoms with van der Waals surface area (Å²) in [5.74, 6) is -3.19. The van der Waals surface area contributed by atoms with E-state index in [0.29, 0.717) is 6.42 Å². The highest BCUT2D eigenvalue weighted by Gasteiger charge is 2.56. The molecule has 0 saturated carbocycles. The van der Waals surface area contributed by atoms with Gasteiger partial charge in [0.25, 0.3) is 5.41 Å². The molecule has 0 atom stereocenters. The molecule has 0 aliphatic rings. The molecule has 0 rings (SSSR count). The molecule has 188 valence electrons. The van der Waals surface area contributed by atoms with Crippen molar-refractivity contribution in [2.75, 3.05) is 21.0 Å². The largest absolute Gasteiger partial charge is 0.468 e. The molecule has 0 aromatic rings. The first-order valence-electron chi connectivity index (χ1n) is 12.5. The predicted octanol–water partition coefficient (Wildman–Crippen LogP) is 5.46. The SMILES string of the molecule is CCCCCCCCCCCCCCCCCCC(C(=O)OC)(C(=O)OC)C(=O)OCO. The number of rotatable bonds is 21. The van der Waals surface area contributed by atoms with Gasteiger partial charge >= 0.3 is 17.9 Å². The summed E-state index contributed by atoms with van der Waals surface area (Å²) in [6.07, 6.45) is 19.1. The summed E-state index contributed by atoms with van der Waals surface area (Å²) in [5.41, 5.74) is -2.18. The molecule has 0 aliphatic carbocycles. The van der Waals surface area contributed by atoms with Crippen molar-refractivity contribution < 1.29 is 33.7 Å². The third kappa shape index (κ3) is 11.8. The number of ether oxygens (including phenoxy) is 3. The summed E-state index contributed by atoms with van der Waals surface area (Å²) >= 11 is 0. The monoisotopic (exact) mass is 458 g/mol. The molecule has 0 saturated heterocycles. The van der Waals surface area contributed by atoms with Crippen LogP contribution in [0, 0.1) is 5.41 Å². The number of carbonyl (C=O) groups is 3. The summed E-state index contributed by atoms with van der Waals surface area (Å²) in [7, 11) is 2.19. The molecule has 1 N–H and O–H groups in total. The first-order valence-corrected chi connectivity index (χ1v) is 12.5. The zero-order chi connectivity index (χ0) is 24.1. The van der Waals surface area contributed by atoms with Gasteiger partial charge in [-0.25, -0.2) is 0 Å².